The quantitative estimate of drug-likeness (QED) is 0.393. The zero-order chi connectivity index (χ0) is 24.1. The van der Waals surface area contributed by atoms with Crippen molar-refractivity contribution in [2.45, 2.75) is 19.9 Å². The second-order valence-electron chi connectivity index (χ2n) is 8.56. The molecule has 1 amide bonds. The predicted molar refractivity (Wildman–Crippen MR) is 133 cm³/mol. The molecule has 0 saturated heterocycles. The molecule has 3 heterocycles. The number of furan rings is 1. The van der Waals surface area contributed by atoms with Crippen molar-refractivity contribution in [3.05, 3.63) is 88.6 Å². The van der Waals surface area contributed by atoms with Crippen LogP contribution in [-0.2, 0) is 4.79 Å². The second kappa shape index (κ2) is 8.14. The number of thiazole rings is 1. The van der Waals surface area contributed by atoms with Crippen LogP contribution in [-0.4, -0.2) is 35.9 Å². The highest BCUT2D eigenvalue weighted by Gasteiger charge is 2.46. The summed E-state index contributed by atoms with van der Waals surface area (Å²) in [5.74, 6) is -1.73. The van der Waals surface area contributed by atoms with E-state index in [4.69, 9.17) is 9.40 Å². The van der Waals surface area contributed by atoms with Gasteiger partial charge in [0.25, 0.3) is 5.91 Å². The molecule has 5 rings (SSSR count). The highest BCUT2D eigenvalue weighted by molar-refractivity contribution is 7.22. The summed E-state index contributed by atoms with van der Waals surface area (Å²) in [6.07, 6.45) is 1.39. The van der Waals surface area contributed by atoms with Gasteiger partial charge in [-0.2, -0.15) is 0 Å². The zero-order valence-corrected chi connectivity index (χ0v) is 20.0. The summed E-state index contributed by atoms with van der Waals surface area (Å²) in [6.45, 7) is 3.99. The van der Waals surface area contributed by atoms with Gasteiger partial charge in [0, 0.05) is 19.8 Å². The zero-order valence-electron chi connectivity index (χ0n) is 19.2. The van der Waals surface area contributed by atoms with Crippen LogP contribution in [0, 0.1) is 13.8 Å². The summed E-state index contributed by atoms with van der Waals surface area (Å²) >= 11 is 1.36. The van der Waals surface area contributed by atoms with Gasteiger partial charge in [-0.25, -0.2) is 4.98 Å². The molecule has 0 bridgehead atoms. The molecule has 7 nitrogen and oxygen atoms in total. The van der Waals surface area contributed by atoms with Gasteiger partial charge in [-0.05, 0) is 60.9 Å². The molecule has 0 spiro atoms. The van der Waals surface area contributed by atoms with Crippen molar-refractivity contribution in [3.8, 4) is 0 Å². The van der Waals surface area contributed by atoms with Gasteiger partial charge in [0.05, 0.1) is 28.1 Å². The first-order chi connectivity index (χ1) is 16.3. The lowest BCUT2D eigenvalue weighted by Crippen LogP contribution is -2.31. The smallest absolute Gasteiger partial charge is 0.296 e. The molecule has 1 unspecified atom stereocenters. The standard InChI is InChI=1S/C26H23N3O4S/c1-14-12-15(2)21-19(13-14)34-26(27-21)29-22(16-7-9-17(10-8-16)28(3)4)20(24(31)25(29)32)23(30)18-6-5-11-33-18/h5-13,22,31H,1-4H3. The maximum Gasteiger partial charge on any atom is 0.296 e. The van der Waals surface area contributed by atoms with E-state index in [0.29, 0.717) is 10.7 Å². The molecule has 172 valence electrons. The predicted octanol–water partition coefficient (Wildman–Crippen LogP) is 5.36. The van der Waals surface area contributed by atoms with Gasteiger partial charge >= 0.3 is 0 Å². The molecule has 4 aromatic rings. The maximum atomic E-state index is 13.4. The van der Waals surface area contributed by atoms with E-state index in [-0.39, 0.29) is 11.3 Å². The lowest BCUT2D eigenvalue weighted by Gasteiger charge is -2.25. The Kier molecular flexibility index (Phi) is 5.25. The number of anilines is 2. The van der Waals surface area contributed by atoms with Gasteiger partial charge in [-0.3, -0.25) is 14.5 Å². The fourth-order valence-corrected chi connectivity index (χ4v) is 5.48. The first kappa shape index (κ1) is 21.9. The summed E-state index contributed by atoms with van der Waals surface area (Å²) in [4.78, 5) is 34.8. The third-order valence-corrected chi connectivity index (χ3v) is 6.95. The van der Waals surface area contributed by atoms with E-state index in [1.54, 1.807) is 6.07 Å². The SMILES string of the molecule is Cc1cc(C)c2nc(N3C(=O)C(O)=C(C(=O)c4ccco4)C3c3ccc(N(C)C)cc3)sc2c1. The number of hydrogen-bond acceptors (Lipinski definition) is 7. The average Bonchev–Trinajstić information content (AvgIpc) is 3.53. The van der Waals surface area contributed by atoms with Crippen molar-refractivity contribution < 1.29 is 19.1 Å². The number of carbonyl (C=O) groups excluding carboxylic acids is 2. The van der Waals surface area contributed by atoms with E-state index in [0.717, 1.165) is 27.0 Å². The molecular weight excluding hydrogens is 450 g/mol. The Hall–Kier alpha value is -3.91. The van der Waals surface area contributed by atoms with Crippen LogP contribution in [0.15, 0.2) is 70.5 Å². The minimum Gasteiger partial charge on any atom is -0.503 e. The molecule has 1 aliphatic rings. The van der Waals surface area contributed by atoms with Crippen LogP contribution in [0.1, 0.15) is 33.3 Å². The van der Waals surface area contributed by atoms with Gasteiger partial charge in [-0.15, -0.1) is 0 Å². The molecule has 2 aromatic heterocycles. The van der Waals surface area contributed by atoms with E-state index in [1.807, 2.05) is 69.2 Å². The Balaban J connectivity index is 1.68. The maximum absolute atomic E-state index is 13.4. The molecule has 1 atom stereocenters. The van der Waals surface area contributed by atoms with Crippen LogP contribution in [0.25, 0.3) is 10.2 Å². The number of aliphatic hydroxyl groups is 1. The number of Topliss-reactive ketones (excluding diaryl/α,β-unsaturated/α-hetero) is 1. The summed E-state index contributed by atoms with van der Waals surface area (Å²) in [6, 6.07) is 13.9. The van der Waals surface area contributed by atoms with Crippen LogP contribution in [0.3, 0.4) is 0 Å². The summed E-state index contributed by atoms with van der Waals surface area (Å²) in [7, 11) is 3.87. The summed E-state index contributed by atoms with van der Waals surface area (Å²) < 4.78 is 6.24. The largest absolute Gasteiger partial charge is 0.503 e. The molecule has 34 heavy (non-hydrogen) atoms. The fraction of sp³-hybridized carbons (Fsp3) is 0.192. The van der Waals surface area contributed by atoms with Crippen molar-refractivity contribution in [1.82, 2.24) is 4.98 Å². The van der Waals surface area contributed by atoms with E-state index in [1.165, 1.54) is 28.6 Å². The third kappa shape index (κ3) is 3.47. The monoisotopic (exact) mass is 473 g/mol. The molecular formula is C26H23N3O4S. The number of aryl methyl sites for hydroxylation is 2. The molecule has 0 fully saturated rings. The van der Waals surface area contributed by atoms with E-state index in [9.17, 15) is 14.7 Å². The van der Waals surface area contributed by atoms with E-state index in [2.05, 4.69) is 0 Å². The summed E-state index contributed by atoms with van der Waals surface area (Å²) in [5.41, 5.74) is 4.52. The lowest BCUT2D eigenvalue weighted by molar-refractivity contribution is -0.117. The Labute approximate surface area is 200 Å². The van der Waals surface area contributed by atoms with Gasteiger partial charge in [-0.1, -0.05) is 29.5 Å². The number of hydrogen-bond donors (Lipinski definition) is 1. The Bertz CT molecular complexity index is 1450. The van der Waals surface area contributed by atoms with Crippen LogP contribution >= 0.6 is 11.3 Å². The van der Waals surface area contributed by atoms with Crippen LogP contribution in [0.2, 0.25) is 0 Å². The van der Waals surface area contributed by atoms with Crippen molar-refractivity contribution in [2.24, 2.45) is 0 Å². The molecule has 0 radical (unpaired) electrons. The highest BCUT2D eigenvalue weighted by Crippen LogP contribution is 2.44. The molecule has 0 saturated carbocycles. The molecule has 8 heteroatoms. The van der Waals surface area contributed by atoms with Crippen LogP contribution < -0.4 is 9.80 Å². The topological polar surface area (TPSA) is 86.9 Å². The third-order valence-electron chi connectivity index (χ3n) is 5.95. The van der Waals surface area contributed by atoms with Crippen molar-refractivity contribution in [2.75, 3.05) is 23.9 Å². The number of ketones is 1. The minimum atomic E-state index is -0.844. The van der Waals surface area contributed by atoms with Gasteiger partial charge in [0.15, 0.2) is 16.7 Å². The lowest BCUT2D eigenvalue weighted by atomic mass is 9.95. The highest BCUT2D eigenvalue weighted by atomic mass is 32.1. The number of rotatable bonds is 5. The first-order valence-corrected chi connectivity index (χ1v) is 11.6. The summed E-state index contributed by atoms with van der Waals surface area (Å²) in [5, 5.41) is 11.3. The number of amides is 1. The first-order valence-electron chi connectivity index (χ1n) is 10.8. The average molecular weight is 474 g/mol. The second-order valence-corrected chi connectivity index (χ2v) is 9.57. The van der Waals surface area contributed by atoms with Crippen LogP contribution in [0.4, 0.5) is 10.8 Å². The number of nitrogens with zero attached hydrogens (tertiary/aromatic N) is 3. The van der Waals surface area contributed by atoms with Crippen LogP contribution in [0.5, 0.6) is 0 Å². The van der Waals surface area contributed by atoms with Gasteiger partial charge in [0.2, 0.25) is 5.78 Å². The number of benzene rings is 2. The van der Waals surface area contributed by atoms with Gasteiger partial charge < -0.3 is 14.4 Å². The van der Waals surface area contributed by atoms with E-state index < -0.39 is 23.5 Å². The Morgan fingerprint density at radius 3 is 2.53 bits per heavy atom. The van der Waals surface area contributed by atoms with Crippen molar-refractivity contribution >= 4 is 44.1 Å². The molecule has 0 aliphatic carbocycles. The number of fused-ring (bicyclic) bond motifs is 1. The number of aliphatic hydroxyl groups excluding tert-OH is 1. The number of aromatic nitrogens is 1. The van der Waals surface area contributed by atoms with Gasteiger partial charge in [0.1, 0.15) is 0 Å². The number of carbonyl (C=O) groups is 2. The van der Waals surface area contributed by atoms with Crippen molar-refractivity contribution in [3.63, 3.8) is 0 Å². The minimum absolute atomic E-state index is 0.0234. The Morgan fingerprint density at radius 1 is 1.15 bits per heavy atom. The molecule has 1 aliphatic heterocycles. The molecule has 2 aromatic carbocycles. The van der Waals surface area contributed by atoms with Crippen molar-refractivity contribution in [1.29, 1.82) is 0 Å². The molecule has 1 N–H and O–H groups in total. The Morgan fingerprint density at radius 2 is 1.88 bits per heavy atom. The fourth-order valence-electron chi connectivity index (χ4n) is 4.31. The van der Waals surface area contributed by atoms with E-state index >= 15 is 0 Å². The normalized spacial score (nSPS) is 16.1.